The van der Waals surface area contributed by atoms with Gasteiger partial charge in [-0.1, -0.05) is 12.1 Å². The van der Waals surface area contributed by atoms with Crippen molar-refractivity contribution in [3.05, 3.63) is 29.8 Å². The number of rotatable bonds is 5. The minimum atomic E-state index is -0.152. The summed E-state index contributed by atoms with van der Waals surface area (Å²) in [5, 5.41) is 0. The van der Waals surface area contributed by atoms with E-state index < -0.39 is 0 Å². The zero-order valence-corrected chi connectivity index (χ0v) is 10.3. The van der Waals surface area contributed by atoms with Crippen molar-refractivity contribution in [3.8, 4) is 5.75 Å². The van der Waals surface area contributed by atoms with Gasteiger partial charge in [0.1, 0.15) is 24.2 Å². The first kappa shape index (κ1) is 12.6. The van der Waals surface area contributed by atoms with Crippen LogP contribution in [0.15, 0.2) is 24.3 Å². The molecule has 0 bridgehead atoms. The standard InChI is InChI=1S/C14H16O4/c1-10(15)8-11-2-4-12(5-3-11)17-9-13-6-7-14(16)18-13/h2-5,13H,6-9H2,1H3. The third-order valence-corrected chi connectivity index (χ3v) is 2.78. The van der Waals surface area contributed by atoms with Crippen LogP contribution in [0, 0.1) is 0 Å². The van der Waals surface area contributed by atoms with Crippen molar-refractivity contribution < 1.29 is 19.1 Å². The molecular formula is C14H16O4. The molecule has 1 heterocycles. The van der Waals surface area contributed by atoms with E-state index in [0.717, 1.165) is 17.7 Å². The number of cyclic esters (lactones) is 1. The van der Waals surface area contributed by atoms with Crippen LogP contribution in [-0.2, 0) is 20.7 Å². The number of ketones is 1. The topological polar surface area (TPSA) is 52.6 Å². The molecule has 1 aliphatic rings. The quantitative estimate of drug-likeness (QED) is 0.747. The molecule has 0 saturated carbocycles. The Balaban J connectivity index is 1.82. The number of benzene rings is 1. The molecule has 0 aliphatic carbocycles. The Bertz CT molecular complexity index is 436. The summed E-state index contributed by atoms with van der Waals surface area (Å²) in [6.45, 7) is 1.96. The molecule has 1 fully saturated rings. The summed E-state index contributed by atoms with van der Waals surface area (Å²) in [5.41, 5.74) is 0.974. The van der Waals surface area contributed by atoms with Gasteiger partial charge in [-0.15, -0.1) is 0 Å². The van der Waals surface area contributed by atoms with Crippen molar-refractivity contribution >= 4 is 11.8 Å². The number of Topliss-reactive ketones (excluding diaryl/α,β-unsaturated/α-hetero) is 1. The molecule has 1 unspecified atom stereocenters. The lowest BCUT2D eigenvalue weighted by molar-refractivity contribution is -0.142. The summed E-state index contributed by atoms with van der Waals surface area (Å²) < 4.78 is 10.6. The van der Waals surface area contributed by atoms with Gasteiger partial charge < -0.3 is 9.47 Å². The van der Waals surface area contributed by atoms with E-state index in [1.165, 1.54) is 0 Å². The van der Waals surface area contributed by atoms with E-state index in [1.54, 1.807) is 6.92 Å². The second kappa shape index (κ2) is 5.67. The minimum absolute atomic E-state index is 0.130. The van der Waals surface area contributed by atoms with E-state index in [9.17, 15) is 9.59 Å². The van der Waals surface area contributed by atoms with Gasteiger partial charge in [0.05, 0.1) is 0 Å². The summed E-state index contributed by atoms with van der Waals surface area (Å²) in [7, 11) is 0. The number of ether oxygens (including phenoxy) is 2. The molecule has 0 aromatic heterocycles. The highest BCUT2D eigenvalue weighted by Gasteiger charge is 2.23. The van der Waals surface area contributed by atoms with Gasteiger partial charge in [-0.05, 0) is 31.0 Å². The lowest BCUT2D eigenvalue weighted by atomic mass is 10.1. The summed E-state index contributed by atoms with van der Waals surface area (Å²) in [6.07, 6.45) is 1.52. The van der Waals surface area contributed by atoms with Gasteiger partial charge in [-0.3, -0.25) is 9.59 Å². The second-order valence-corrected chi connectivity index (χ2v) is 4.48. The molecule has 18 heavy (non-hydrogen) atoms. The van der Waals surface area contributed by atoms with Gasteiger partial charge in [-0.2, -0.15) is 0 Å². The third-order valence-electron chi connectivity index (χ3n) is 2.78. The Morgan fingerprint density at radius 2 is 2.11 bits per heavy atom. The normalized spacial score (nSPS) is 18.5. The largest absolute Gasteiger partial charge is 0.490 e. The molecule has 0 spiro atoms. The van der Waals surface area contributed by atoms with Gasteiger partial charge in [0.2, 0.25) is 0 Å². The van der Waals surface area contributed by atoms with Gasteiger partial charge in [0.15, 0.2) is 0 Å². The van der Waals surface area contributed by atoms with Crippen molar-refractivity contribution in [1.29, 1.82) is 0 Å². The molecule has 2 rings (SSSR count). The van der Waals surface area contributed by atoms with Crippen molar-refractivity contribution in [1.82, 2.24) is 0 Å². The fourth-order valence-corrected chi connectivity index (χ4v) is 1.88. The van der Waals surface area contributed by atoms with E-state index in [-0.39, 0.29) is 17.9 Å². The molecule has 1 aromatic rings. The van der Waals surface area contributed by atoms with Crippen molar-refractivity contribution in [3.63, 3.8) is 0 Å². The van der Waals surface area contributed by atoms with Crippen LogP contribution in [0.25, 0.3) is 0 Å². The van der Waals surface area contributed by atoms with Gasteiger partial charge >= 0.3 is 5.97 Å². The van der Waals surface area contributed by atoms with E-state index >= 15 is 0 Å². The molecule has 4 nitrogen and oxygen atoms in total. The number of hydrogen-bond donors (Lipinski definition) is 0. The van der Waals surface area contributed by atoms with Crippen LogP contribution in [0.2, 0.25) is 0 Å². The predicted molar refractivity (Wildman–Crippen MR) is 65.4 cm³/mol. The SMILES string of the molecule is CC(=O)Cc1ccc(OCC2CCC(=O)O2)cc1. The highest BCUT2D eigenvalue weighted by molar-refractivity contribution is 5.78. The lowest BCUT2D eigenvalue weighted by Gasteiger charge is -2.11. The third kappa shape index (κ3) is 3.58. The maximum absolute atomic E-state index is 10.9. The van der Waals surface area contributed by atoms with Crippen LogP contribution in [0.1, 0.15) is 25.3 Å². The molecular weight excluding hydrogens is 232 g/mol. The first-order chi connectivity index (χ1) is 8.63. The number of hydrogen-bond acceptors (Lipinski definition) is 4. The Hall–Kier alpha value is -1.84. The smallest absolute Gasteiger partial charge is 0.306 e. The Labute approximate surface area is 106 Å². The van der Waals surface area contributed by atoms with Crippen LogP contribution >= 0.6 is 0 Å². The summed E-state index contributed by atoms with van der Waals surface area (Å²) >= 11 is 0. The van der Waals surface area contributed by atoms with Crippen molar-refractivity contribution in [2.24, 2.45) is 0 Å². The lowest BCUT2D eigenvalue weighted by Crippen LogP contribution is -2.17. The molecule has 0 radical (unpaired) electrons. The van der Waals surface area contributed by atoms with Crippen LogP contribution in [0.4, 0.5) is 0 Å². The fourth-order valence-electron chi connectivity index (χ4n) is 1.88. The molecule has 1 aromatic carbocycles. The maximum Gasteiger partial charge on any atom is 0.306 e. The van der Waals surface area contributed by atoms with Crippen LogP contribution in [-0.4, -0.2) is 24.5 Å². The number of carbonyl (C=O) groups is 2. The average Bonchev–Trinajstić information content (AvgIpc) is 2.74. The Morgan fingerprint density at radius 1 is 1.39 bits per heavy atom. The predicted octanol–water partition coefficient (Wildman–Crippen LogP) is 1.90. The zero-order valence-electron chi connectivity index (χ0n) is 10.3. The van der Waals surface area contributed by atoms with Crippen LogP contribution in [0.5, 0.6) is 5.75 Å². The molecule has 1 saturated heterocycles. The van der Waals surface area contributed by atoms with E-state index in [0.29, 0.717) is 19.4 Å². The summed E-state index contributed by atoms with van der Waals surface area (Å²) in [4.78, 5) is 21.9. The molecule has 96 valence electrons. The van der Waals surface area contributed by atoms with E-state index in [2.05, 4.69) is 0 Å². The molecule has 0 N–H and O–H groups in total. The highest BCUT2D eigenvalue weighted by atomic mass is 16.6. The Kier molecular flexibility index (Phi) is 3.97. The molecule has 1 aliphatic heterocycles. The van der Waals surface area contributed by atoms with Crippen molar-refractivity contribution in [2.75, 3.05) is 6.61 Å². The molecule has 1 atom stereocenters. The fraction of sp³-hybridized carbons (Fsp3) is 0.429. The Morgan fingerprint density at radius 3 is 2.67 bits per heavy atom. The van der Waals surface area contributed by atoms with Crippen molar-refractivity contribution in [2.45, 2.75) is 32.3 Å². The summed E-state index contributed by atoms with van der Waals surface area (Å²) in [5.74, 6) is 0.715. The summed E-state index contributed by atoms with van der Waals surface area (Å²) in [6, 6.07) is 7.40. The van der Waals surface area contributed by atoms with E-state index in [1.807, 2.05) is 24.3 Å². The first-order valence-corrected chi connectivity index (χ1v) is 6.04. The maximum atomic E-state index is 10.9. The van der Waals surface area contributed by atoms with E-state index in [4.69, 9.17) is 9.47 Å². The molecule has 0 amide bonds. The number of esters is 1. The average molecular weight is 248 g/mol. The van der Waals surface area contributed by atoms with Gasteiger partial charge in [-0.25, -0.2) is 0 Å². The van der Waals surface area contributed by atoms with Gasteiger partial charge in [0.25, 0.3) is 0 Å². The molecule has 4 heteroatoms. The zero-order chi connectivity index (χ0) is 13.0. The number of carbonyl (C=O) groups excluding carboxylic acids is 2. The highest BCUT2D eigenvalue weighted by Crippen LogP contribution is 2.17. The first-order valence-electron chi connectivity index (χ1n) is 6.04. The minimum Gasteiger partial charge on any atom is -0.490 e. The van der Waals surface area contributed by atoms with Gasteiger partial charge in [0, 0.05) is 12.8 Å². The van der Waals surface area contributed by atoms with Crippen LogP contribution < -0.4 is 4.74 Å². The second-order valence-electron chi connectivity index (χ2n) is 4.48. The monoisotopic (exact) mass is 248 g/mol. The van der Waals surface area contributed by atoms with Crippen LogP contribution in [0.3, 0.4) is 0 Å².